The van der Waals surface area contributed by atoms with Gasteiger partial charge in [-0.2, -0.15) is 0 Å². The third-order valence-corrected chi connectivity index (χ3v) is 4.47. The molecule has 4 nitrogen and oxygen atoms in total. The van der Waals surface area contributed by atoms with Gasteiger partial charge in [-0.15, -0.1) is 0 Å². The Hall–Kier alpha value is -0.610. The van der Waals surface area contributed by atoms with Crippen molar-refractivity contribution in [3.63, 3.8) is 0 Å². The van der Waals surface area contributed by atoms with Gasteiger partial charge in [0, 0.05) is 19.0 Å². The van der Waals surface area contributed by atoms with Gasteiger partial charge in [0.1, 0.15) is 0 Å². The Morgan fingerprint density at radius 3 is 2.61 bits per heavy atom. The molecule has 2 unspecified atom stereocenters. The van der Waals surface area contributed by atoms with Crippen LogP contribution in [0.15, 0.2) is 0 Å². The molecule has 2 atom stereocenters. The number of amides is 1. The lowest BCUT2D eigenvalue weighted by Crippen LogP contribution is -2.42. The molecule has 0 aromatic heterocycles. The predicted octanol–water partition coefficient (Wildman–Crippen LogP) is 0.964. The summed E-state index contributed by atoms with van der Waals surface area (Å²) in [6.07, 6.45) is 7.19. The fourth-order valence-corrected chi connectivity index (χ4v) is 3.31. The van der Waals surface area contributed by atoms with Gasteiger partial charge >= 0.3 is 0 Å². The Kier molecular flexibility index (Phi) is 5.45. The average molecular weight is 253 g/mol. The minimum Gasteiger partial charge on any atom is -0.355 e. The zero-order valence-electron chi connectivity index (χ0n) is 11.4. The summed E-state index contributed by atoms with van der Waals surface area (Å²) in [5.41, 5.74) is 5.77. The molecule has 1 aliphatic heterocycles. The quantitative estimate of drug-likeness (QED) is 0.767. The Morgan fingerprint density at radius 1 is 1.17 bits per heavy atom. The number of hydrogen-bond acceptors (Lipinski definition) is 3. The van der Waals surface area contributed by atoms with Crippen molar-refractivity contribution in [2.75, 3.05) is 32.7 Å². The summed E-state index contributed by atoms with van der Waals surface area (Å²) < 4.78 is 0. The molecule has 2 rings (SSSR count). The van der Waals surface area contributed by atoms with Crippen LogP contribution in [0, 0.1) is 11.8 Å². The van der Waals surface area contributed by atoms with Gasteiger partial charge < -0.3 is 16.0 Å². The number of rotatable bonds is 5. The van der Waals surface area contributed by atoms with Crippen molar-refractivity contribution < 1.29 is 4.79 Å². The highest BCUT2D eigenvalue weighted by atomic mass is 16.1. The molecule has 3 N–H and O–H groups in total. The minimum atomic E-state index is 0.169. The summed E-state index contributed by atoms with van der Waals surface area (Å²) in [7, 11) is 0. The number of carbonyl (C=O) groups excluding carboxylic acids is 1. The van der Waals surface area contributed by atoms with Gasteiger partial charge in [0.25, 0.3) is 0 Å². The highest BCUT2D eigenvalue weighted by Gasteiger charge is 2.29. The van der Waals surface area contributed by atoms with Crippen LogP contribution in [0.3, 0.4) is 0 Å². The number of nitrogens with zero attached hydrogens (tertiary/aromatic N) is 1. The molecule has 1 aliphatic carbocycles. The first-order valence-electron chi connectivity index (χ1n) is 7.51. The molecule has 0 aromatic rings. The number of nitrogens with one attached hydrogen (secondary N) is 1. The summed E-state index contributed by atoms with van der Waals surface area (Å²) in [6.45, 7) is 4.86. The molecule has 1 saturated carbocycles. The van der Waals surface area contributed by atoms with Gasteiger partial charge in [-0.25, -0.2) is 0 Å². The van der Waals surface area contributed by atoms with E-state index in [1.807, 2.05) is 0 Å². The molecule has 0 aromatic carbocycles. The van der Waals surface area contributed by atoms with Gasteiger partial charge in [0.2, 0.25) is 5.91 Å². The number of nitrogens with two attached hydrogens (primary N) is 1. The summed E-state index contributed by atoms with van der Waals surface area (Å²) >= 11 is 0. The fourth-order valence-electron chi connectivity index (χ4n) is 3.31. The fraction of sp³-hybridized carbons (Fsp3) is 0.929. The van der Waals surface area contributed by atoms with E-state index in [9.17, 15) is 4.79 Å². The zero-order chi connectivity index (χ0) is 12.8. The van der Waals surface area contributed by atoms with Gasteiger partial charge in [0.05, 0.1) is 0 Å². The highest BCUT2D eigenvalue weighted by Crippen LogP contribution is 2.29. The molecule has 1 heterocycles. The maximum atomic E-state index is 12.2. The summed E-state index contributed by atoms with van der Waals surface area (Å²) in [4.78, 5) is 14.6. The lowest BCUT2D eigenvalue weighted by atomic mass is 9.79. The number of likely N-dealkylation sites (tertiary alicyclic amines) is 1. The molecular formula is C14H27N3O. The average Bonchev–Trinajstić information content (AvgIpc) is 2.91. The van der Waals surface area contributed by atoms with Crippen molar-refractivity contribution in [1.29, 1.82) is 0 Å². The third kappa shape index (κ3) is 3.69. The molecule has 2 aliphatic rings. The molecule has 104 valence electrons. The van der Waals surface area contributed by atoms with Crippen molar-refractivity contribution in [3.8, 4) is 0 Å². The molecule has 0 radical (unpaired) electrons. The van der Waals surface area contributed by atoms with Crippen LogP contribution in [-0.4, -0.2) is 43.5 Å². The standard InChI is InChI=1S/C14H27N3O/c15-11-12-5-1-2-6-13(12)14(18)16-7-10-17-8-3-4-9-17/h12-13H,1-11,15H2,(H,16,18). The molecule has 0 bridgehead atoms. The van der Waals surface area contributed by atoms with Crippen molar-refractivity contribution in [2.45, 2.75) is 38.5 Å². The second-order valence-corrected chi connectivity index (χ2v) is 5.73. The maximum Gasteiger partial charge on any atom is 0.223 e. The molecule has 1 amide bonds. The second-order valence-electron chi connectivity index (χ2n) is 5.73. The van der Waals surface area contributed by atoms with Crippen LogP contribution >= 0.6 is 0 Å². The van der Waals surface area contributed by atoms with E-state index in [0.717, 1.165) is 25.9 Å². The lowest BCUT2D eigenvalue weighted by Gasteiger charge is -2.29. The second kappa shape index (κ2) is 7.10. The van der Waals surface area contributed by atoms with Gasteiger partial charge in [-0.05, 0) is 51.2 Å². The van der Waals surface area contributed by atoms with Crippen molar-refractivity contribution >= 4 is 5.91 Å². The Bertz CT molecular complexity index is 264. The van der Waals surface area contributed by atoms with E-state index in [0.29, 0.717) is 12.5 Å². The minimum absolute atomic E-state index is 0.169. The first-order chi connectivity index (χ1) is 8.81. The summed E-state index contributed by atoms with van der Waals surface area (Å²) in [6, 6.07) is 0. The molecule has 1 saturated heterocycles. The Balaban J connectivity index is 1.69. The first kappa shape index (κ1) is 13.8. The number of carbonyl (C=O) groups is 1. The molecule has 0 spiro atoms. The van der Waals surface area contributed by atoms with Crippen LogP contribution in [0.1, 0.15) is 38.5 Å². The van der Waals surface area contributed by atoms with E-state index < -0.39 is 0 Å². The molecule has 4 heteroatoms. The molecule has 18 heavy (non-hydrogen) atoms. The van der Waals surface area contributed by atoms with Crippen LogP contribution in [0.25, 0.3) is 0 Å². The van der Waals surface area contributed by atoms with E-state index in [1.165, 1.54) is 38.8 Å². The third-order valence-electron chi connectivity index (χ3n) is 4.47. The topological polar surface area (TPSA) is 58.4 Å². The van der Waals surface area contributed by atoms with Crippen LogP contribution in [0.4, 0.5) is 0 Å². The largest absolute Gasteiger partial charge is 0.355 e. The smallest absolute Gasteiger partial charge is 0.223 e. The van der Waals surface area contributed by atoms with Crippen molar-refractivity contribution in [2.24, 2.45) is 17.6 Å². The van der Waals surface area contributed by atoms with E-state index in [1.54, 1.807) is 0 Å². The predicted molar refractivity (Wildman–Crippen MR) is 73.2 cm³/mol. The zero-order valence-corrected chi connectivity index (χ0v) is 11.4. The normalized spacial score (nSPS) is 29.4. The summed E-state index contributed by atoms with van der Waals surface area (Å²) in [5, 5.41) is 3.11. The Labute approximate surface area is 110 Å². The van der Waals surface area contributed by atoms with Crippen LogP contribution in [0.5, 0.6) is 0 Å². The van der Waals surface area contributed by atoms with Crippen molar-refractivity contribution in [3.05, 3.63) is 0 Å². The lowest BCUT2D eigenvalue weighted by molar-refractivity contribution is -0.127. The molecule has 2 fully saturated rings. The van der Waals surface area contributed by atoms with Crippen LogP contribution < -0.4 is 11.1 Å². The van der Waals surface area contributed by atoms with E-state index in [4.69, 9.17) is 5.73 Å². The maximum absolute atomic E-state index is 12.2. The summed E-state index contributed by atoms with van der Waals surface area (Å²) in [5.74, 6) is 0.817. The highest BCUT2D eigenvalue weighted by molar-refractivity contribution is 5.79. The van der Waals surface area contributed by atoms with Crippen molar-refractivity contribution in [1.82, 2.24) is 10.2 Å². The number of hydrogen-bond donors (Lipinski definition) is 2. The van der Waals surface area contributed by atoms with Crippen LogP contribution in [-0.2, 0) is 4.79 Å². The monoisotopic (exact) mass is 253 g/mol. The van der Waals surface area contributed by atoms with Crippen LogP contribution in [0.2, 0.25) is 0 Å². The van der Waals surface area contributed by atoms with Gasteiger partial charge in [0.15, 0.2) is 0 Å². The van der Waals surface area contributed by atoms with E-state index in [-0.39, 0.29) is 11.8 Å². The van der Waals surface area contributed by atoms with Gasteiger partial charge in [-0.3, -0.25) is 4.79 Å². The van der Waals surface area contributed by atoms with E-state index >= 15 is 0 Å². The van der Waals surface area contributed by atoms with E-state index in [2.05, 4.69) is 10.2 Å². The SMILES string of the molecule is NCC1CCCCC1C(=O)NCCN1CCCC1. The first-order valence-corrected chi connectivity index (χ1v) is 7.51. The van der Waals surface area contributed by atoms with Gasteiger partial charge in [-0.1, -0.05) is 12.8 Å². The Morgan fingerprint density at radius 2 is 1.89 bits per heavy atom. The molecular weight excluding hydrogens is 226 g/mol.